The molecule has 0 aliphatic heterocycles. The molecule has 2 aromatic carbocycles. The monoisotopic (exact) mass is 289 g/mol. The van der Waals surface area contributed by atoms with Gasteiger partial charge in [-0.25, -0.2) is 0 Å². The molecule has 0 bridgehead atoms. The molecule has 1 aromatic heterocycles. The molecule has 0 saturated heterocycles. The molecule has 2 N–H and O–H groups in total. The lowest BCUT2D eigenvalue weighted by molar-refractivity contribution is 1.05. The second-order valence-corrected chi connectivity index (χ2v) is 5.03. The Kier molecular flexibility index (Phi) is 3.63. The second-order valence-electron chi connectivity index (χ2n) is 5.03. The third kappa shape index (κ3) is 2.33. The van der Waals surface area contributed by atoms with Crippen molar-refractivity contribution in [3.63, 3.8) is 0 Å². The van der Waals surface area contributed by atoms with Crippen LogP contribution in [0.1, 0.15) is 18.1 Å². The summed E-state index contributed by atoms with van der Waals surface area (Å²) in [5, 5.41) is 14.5. The minimum Gasteiger partial charge on any atom is -0.297 e. The fourth-order valence-electron chi connectivity index (χ4n) is 2.62. The number of aryl methyl sites for hydroxylation is 1. The van der Waals surface area contributed by atoms with E-state index in [4.69, 9.17) is 5.26 Å². The summed E-state index contributed by atoms with van der Waals surface area (Å²) in [6, 6.07) is 17.1. The van der Waals surface area contributed by atoms with Crippen LogP contribution in [0.4, 0.5) is 0 Å². The van der Waals surface area contributed by atoms with E-state index in [1.807, 2.05) is 18.2 Å². The number of aromatic nitrogens is 2. The Hall–Kier alpha value is -3.06. The maximum atomic E-state index is 12.2. The molecule has 3 aromatic rings. The van der Waals surface area contributed by atoms with Crippen LogP contribution in [0.3, 0.4) is 0 Å². The van der Waals surface area contributed by atoms with Crippen LogP contribution in [0.15, 0.2) is 53.3 Å². The largest absolute Gasteiger partial charge is 0.297 e. The van der Waals surface area contributed by atoms with Crippen LogP contribution in [0.5, 0.6) is 0 Å². The Morgan fingerprint density at radius 2 is 1.77 bits per heavy atom. The van der Waals surface area contributed by atoms with Gasteiger partial charge in [0.2, 0.25) is 0 Å². The number of nitrogens with one attached hydrogen (secondary N) is 2. The van der Waals surface area contributed by atoms with Gasteiger partial charge in [0.15, 0.2) is 0 Å². The number of hydrogen-bond donors (Lipinski definition) is 2. The van der Waals surface area contributed by atoms with Gasteiger partial charge in [-0.15, -0.1) is 0 Å². The van der Waals surface area contributed by atoms with Crippen LogP contribution in [-0.4, -0.2) is 10.2 Å². The van der Waals surface area contributed by atoms with Crippen LogP contribution in [0.2, 0.25) is 0 Å². The van der Waals surface area contributed by atoms with Crippen LogP contribution >= 0.6 is 0 Å². The average molecular weight is 289 g/mol. The van der Waals surface area contributed by atoms with Crippen molar-refractivity contribution in [3.8, 4) is 28.5 Å². The second kappa shape index (κ2) is 5.74. The molecule has 0 saturated carbocycles. The van der Waals surface area contributed by atoms with Gasteiger partial charge >= 0.3 is 0 Å². The first-order chi connectivity index (χ1) is 10.7. The lowest BCUT2D eigenvalue weighted by Gasteiger charge is -2.08. The van der Waals surface area contributed by atoms with E-state index < -0.39 is 0 Å². The Bertz CT molecular complexity index is 895. The van der Waals surface area contributed by atoms with Crippen molar-refractivity contribution < 1.29 is 0 Å². The van der Waals surface area contributed by atoms with Crippen LogP contribution in [0.25, 0.3) is 22.4 Å². The highest BCUT2D eigenvalue weighted by Crippen LogP contribution is 2.30. The van der Waals surface area contributed by atoms with E-state index in [0.29, 0.717) is 11.1 Å². The minimum atomic E-state index is -0.161. The van der Waals surface area contributed by atoms with Gasteiger partial charge in [0.1, 0.15) is 0 Å². The van der Waals surface area contributed by atoms with Crippen molar-refractivity contribution in [2.45, 2.75) is 13.3 Å². The maximum Gasteiger partial charge on any atom is 0.272 e. The summed E-state index contributed by atoms with van der Waals surface area (Å²) in [7, 11) is 0. The number of nitriles is 1. The van der Waals surface area contributed by atoms with E-state index >= 15 is 0 Å². The van der Waals surface area contributed by atoms with Crippen molar-refractivity contribution in [1.29, 1.82) is 5.26 Å². The number of H-pyrrole nitrogens is 2. The minimum absolute atomic E-state index is 0.161. The third-order valence-electron chi connectivity index (χ3n) is 3.75. The molecule has 0 aliphatic carbocycles. The molecular formula is C18H15N3O. The zero-order chi connectivity index (χ0) is 15.5. The number of hydrogen-bond acceptors (Lipinski definition) is 2. The predicted octanol–water partition coefficient (Wildman–Crippen LogP) is 3.47. The van der Waals surface area contributed by atoms with Crippen LogP contribution in [0, 0.1) is 11.3 Å². The zero-order valence-electron chi connectivity index (χ0n) is 12.2. The lowest BCUT2D eigenvalue weighted by Crippen LogP contribution is -2.02. The molecule has 0 spiro atoms. The van der Waals surface area contributed by atoms with E-state index in [0.717, 1.165) is 23.2 Å². The van der Waals surface area contributed by atoms with Gasteiger partial charge in [0.25, 0.3) is 5.56 Å². The lowest BCUT2D eigenvalue weighted by atomic mass is 9.96. The topological polar surface area (TPSA) is 72.4 Å². The Morgan fingerprint density at radius 1 is 1.05 bits per heavy atom. The van der Waals surface area contributed by atoms with Crippen LogP contribution in [-0.2, 0) is 6.42 Å². The fraction of sp³-hybridized carbons (Fsp3) is 0.111. The summed E-state index contributed by atoms with van der Waals surface area (Å²) >= 11 is 0. The predicted molar refractivity (Wildman–Crippen MR) is 86.4 cm³/mol. The Labute approximate surface area is 128 Å². The standard InChI is InChI=1S/C18H15N3O/c1-2-13-5-3-4-6-15(13)17-16(18(22)21-20-17)14-9-7-12(11-19)8-10-14/h3-10H,2H2,1H3,(H2,20,21,22). The number of benzene rings is 2. The molecular weight excluding hydrogens is 274 g/mol. The highest BCUT2D eigenvalue weighted by Gasteiger charge is 2.15. The van der Waals surface area contributed by atoms with E-state index in [1.165, 1.54) is 5.56 Å². The highest BCUT2D eigenvalue weighted by atomic mass is 16.1. The molecule has 0 atom stereocenters. The molecule has 0 fully saturated rings. The first-order valence-corrected chi connectivity index (χ1v) is 7.14. The number of nitrogens with zero attached hydrogens (tertiary/aromatic N) is 1. The Morgan fingerprint density at radius 3 is 2.45 bits per heavy atom. The van der Waals surface area contributed by atoms with Crippen molar-refractivity contribution in [1.82, 2.24) is 10.2 Å². The molecule has 0 radical (unpaired) electrons. The summed E-state index contributed by atoms with van der Waals surface area (Å²) in [4.78, 5) is 12.2. The SMILES string of the molecule is CCc1ccccc1-c1[nH][nH]c(=O)c1-c1ccc(C#N)cc1. The zero-order valence-corrected chi connectivity index (χ0v) is 12.2. The fourth-order valence-corrected chi connectivity index (χ4v) is 2.62. The Balaban J connectivity index is 2.19. The van der Waals surface area contributed by atoms with Gasteiger partial charge in [0.05, 0.1) is 22.9 Å². The first kappa shape index (κ1) is 13.9. The molecule has 0 aliphatic rings. The molecule has 1 heterocycles. The van der Waals surface area contributed by atoms with E-state index in [9.17, 15) is 4.79 Å². The molecule has 4 nitrogen and oxygen atoms in total. The molecule has 0 amide bonds. The van der Waals surface area contributed by atoms with E-state index in [-0.39, 0.29) is 5.56 Å². The molecule has 0 unspecified atom stereocenters. The summed E-state index contributed by atoms with van der Waals surface area (Å²) < 4.78 is 0. The summed E-state index contributed by atoms with van der Waals surface area (Å²) in [5.41, 5.74) is 4.78. The van der Waals surface area contributed by atoms with E-state index in [1.54, 1.807) is 24.3 Å². The summed E-state index contributed by atoms with van der Waals surface area (Å²) in [6.07, 6.45) is 0.885. The smallest absolute Gasteiger partial charge is 0.272 e. The van der Waals surface area contributed by atoms with Crippen molar-refractivity contribution in [2.75, 3.05) is 0 Å². The average Bonchev–Trinajstić information content (AvgIpc) is 2.96. The molecule has 4 heteroatoms. The normalized spacial score (nSPS) is 10.4. The summed E-state index contributed by atoms with van der Waals surface area (Å²) in [6.45, 7) is 2.09. The van der Waals surface area contributed by atoms with Crippen molar-refractivity contribution in [3.05, 3.63) is 70.0 Å². The number of rotatable bonds is 3. The maximum absolute atomic E-state index is 12.2. The van der Waals surface area contributed by atoms with Crippen molar-refractivity contribution >= 4 is 0 Å². The first-order valence-electron chi connectivity index (χ1n) is 7.14. The summed E-state index contributed by atoms with van der Waals surface area (Å²) in [5.74, 6) is 0. The molecule has 22 heavy (non-hydrogen) atoms. The van der Waals surface area contributed by atoms with Crippen molar-refractivity contribution in [2.24, 2.45) is 0 Å². The van der Waals surface area contributed by atoms with Gasteiger partial charge in [0, 0.05) is 5.56 Å². The van der Waals surface area contributed by atoms with Gasteiger partial charge in [-0.05, 0) is 29.7 Å². The molecule has 108 valence electrons. The third-order valence-corrected chi connectivity index (χ3v) is 3.75. The molecule has 3 rings (SSSR count). The van der Waals surface area contributed by atoms with Gasteiger partial charge in [-0.3, -0.25) is 15.0 Å². The van der Waals surface area contributed by atoms with Crippen LogP contribution < -0.4 is 5.56 Å². The van der Waals surface area contributed by atoms with Gasteiger partial charge in [-0.2, -0.15) is 5.26 Å². The quantitative estimate of drug-likeness (QED) is 0.775. The highest BCUT2D eigenvalue weighted by molar-refractivity contribution is 5.81. The van der Waals surface area contributed by atoms with Gasteiger partial charge < -0.3 is 0 Å². The van der Waals surface area contributed by atoms with Gasteiger partial charge in [-0.1, -0.05) is 43.3 Å². The van der Waals surface area contributed by atoms with E-state index in [2.05, 4.69) is 29.3 Å². The number of aromatic amines is 2.